The third-order valence-electron chi connectivity index (χ3n) is 7.90. The van der Waals surface area contributed by atoms with E-state index in [1.165, 1.54) is 30.8 Å². The second-order valence-corrected chi connectivity index (χ2v) is 10.7. The number of H-pyrrole nitrogens is 1. The van der Waals surface area contributed by atoms with Crippen molar-refractivity contribution in [3.63, 3.8) is 0 Å². The number of nitrogens with zero attached hydrogens (tertiary/aromatic N) is 5. The van der Waals surface area contributed by atoms with Gasteiger partial charge in [-0.15, -0.1) is 0 Å². The summed E-state index contributed by atoms with van der Waals surface area (Å²) in [4.78, 5) is 57.7. The van der Waals surface area contributed by atoms with Crippen molar-refractivity contribution in [1.29, 1.82) is 0 Å². The summed E-state index contributed by atoms with van der Waals surface area (Å²) >= 11 is 0. The minimum Gasteiger partial charge on any atom is -0.501 e. The molecule has 0 atom stereocenters. The Kier molecular flexibility index (Phi) is 6.64. The van der Waals surface area contributed by atoms with Crippen LogP contribution in [0.4, 0.5) is 4.39 Å². The molecule has 1 saturated carbocycles. The third kappa shape index (κ3) is 4.48. The maximum absolute atomic E-state index is 13.6. The van der Waals surface area contributed by atoms with E-state index in [9.17, 15) is 28.7 Å². The number of amides is 3. The van der Waals surface area contributed by atoms with Gasteiger partial charge < -0.3 is 20.6 Å². The first kappa shape index (κ1) is 27.0. The van der Waals surface area contributed by atoms with Crippen LogP contribution in [0, 0.1) is 12.7 Å². The van der Waals surface area contributed by atoms with Crippen molar-refractivity contribution in [2.45, 2.75) is 56.7 Å². The van der Waals surface area contributed by atoms with Crippen LogP contribution in [0.5, 0.6) is 5.75 Å². The van der Waals surface area contributed by atoms with Crippen molar-refractivity contribution in [3.05, 3.63) is 68.9 Å². The van der Waals surface area contributed by atoms with Crippen LogP contribution in [0.3, 0.4) is 0 Å². The highest BCUT2D eigenvalue weighted by Gasteiger charge is 2.53. The summed E-state index contributed by atoms with van der Waals surface area (Å²) in [6.07, 6.45) is 3.08. The number of hydrogen-bond donors (Lipinski definition) is 4. The van der Waals surface area contributed by atoms with Crippen LogP contribution < -0.4 is 16.2 Å². The Morgan fingerprint density at radius 2 is 1.93 bits per heavy atom. The number of carbonyl (C=O) groups excluding carboxylic acids is 3. The Balaban J connectivity index is 1.57. The number of aromatic nitrogens is 5. The van der Waals surface area contributed by atoms with E-state index in [0.29, 0.717) is 42.5 Å². The molecule has 3 amide bonds. The maximum atomic E-state index is 13.6. The molecule has 4 N–H and O–H groups in total. The molecule has 3 aliphatic rings. The van der Waals surface area contributed by atoms with Gasteiger partial charge in [0.1, 0.15) is 11.6 Å². The van der Waals surface area contributed by atoms with Crippen molar-refractivity contribution < 1.29 is 23.9 Å². The maximum Gasteiger partial charge on any atom is 0.311 e. The normalized spacial score (nSPS) is 21.3. The Morgan fingerprint density at radius 3 is 2.55 bits per heavy atom. The topological polar surface area (TPSA) is 175 Å². The van der Waals surface area contributed by atoms with Gasteiger partial charge in [-0.3, -0.25) is 23.7 Å². The molecule has 4 heterocycles. The lowest BCUT2D eigenvalue weighted by Gasteiger charge is -2.41. The zero-order valence-electron chi connectivity index (χ0n) is 22.2. The number of nitrogens with one attached hydrogen (secondary N) is 3. The zero-order valence-corrected chi connectivity index (χ0v) is 22.2. The van der Waals surface area contributed by atoms with Gasteiger partial charge in [0.2, 0.25) is 5.75 Å². The molecule has 2 aromatic heterocycles. The summed E-state index contributed by atoms with van der Waals surface area (Å²) in [5, 5.41) is 27.0. The fourth-order valence-corrected chi connectivity index (χ4v) is 5.59. The van der Waals surface area contributed by atoms with Crippen LogP contribution in [0.2, 0.25) is 0 Å². The first-order chi connectivity index (χ1) is 19.0. The molecule has 0 unspecified atom stereocenters. The van der Waals surface area contributed by atoms with E-state index in [1.807, 2.05) is 0 Å². The van der Waals surface area contributed by atoms with Crippen molar-refractivity contribution >= 4 is 17.7 Å². The van der Waals surface area contributed by atoms with Crippen LogP contribution in [-0.2, 0) is 33.6 Å². The van der Waals surface area contributed by atoms with Gasteiger partial charge in [0, 0.05) is 32.6 Å². The number of rotatable bonds is 5. The predicted octanol–water partition coefficient (Wildman–Crippen LogP) is 0.370. The van der Waals surface area contributed by atoms with Crippen LogP contribution in [0.15, 0.2) is 29.2 Å². The Labute approximate surface area is 227 Å². The average molecular weight is 553 g/mol. The summed E-state index contributed by atoms with van der Waals surface area (Å²) in [6, 6.07) is 4.36. The van der Waals surface area contributed by atoms with Gasteiger partial charge in [-0.25, -0.2) is 9.37 Å². The molecule has 1 aromatic carbocycles. The van der Waals surface area contributed by atoms with E-state index in [2.05, 4.69) is 31.0 Å². The number of aromatic hydroxyl groups is 1. The van der Waals surface area contributed by atoms with Crippen LogP contribution in [0.25, 0.3) is 0 Å². The summed E-state index contributed by atoms with van der Waals surface area (Å²) in [5.41, 5.74) is -1.66. The number of hydrogen-bond acceptors (Lipinski definition) is 8. The lowest BCUT2D eigenvalue weighted by molar-refractivity contribution is -0.145. The number of aryl methyl sites for hydroxylation is 1. The molecule has 6 rings (SSSR count). The monoisotopic (exact) mass is 552 g/mol. The van der Waals surface area contributed by atoms with E-state index in [1.54, 1.807) is 19.2 Å². The van der Waals surface area contributed by atoms with Gasteiger partial charge in [0.05, 0.1) is 17.4 Å². The van der Waals surface area contributed by atoms with E-state index in [-0.39, 0.29) is 24.7 Å². The highest BCUT2D eigenvalue weighted by molar-refractivity contribution is 6.35. The summed E-state index contributed by atoms with van der Waals surface area (Å²) in [6.45, 7) is 1.66. The van der Waals surface area contributed by atoms with Crippen molar-refractivity contribution in [1.82, 2.24) is 40.5 Å². The van der Waals surface area contributed by atoms with Gasteiger partial charge in [-0.1, -0.05) is 12.1 Å². The molecule has 0 spiro atoms. The molecule has 13 nitrogen and oxygen atoms in total. The lowest BCUT2D eigenvalue weighted by atomic mass is 9.67. The molecule has 1 aliphatic carbocycles. The van der Waals surface area contributed by atoms with Crippen LogP contribution in [-0.4, -0.2) is 66.8 Å². The summed E-state index contributed by atoms with van der Waals surface area (Å²) in [5.74, 6) is -3.65. The first-order valence-corrected chi connectivity index (χ1v) is 12.7. The Bertz CT molecular complexity index is 1560. The average Bonchev–Trinajstić information content (AvgIpc) is 3.40. The Morgan fingerprint density at radius 1 is 1.20 bits per heavy atom. The smallest absolute Gasteiger partial charge is 0.311 e. The van der Waals surface area contributed by atoms with E-state index in [0.717, 1.165) is 4.90 Å². The molecular weight excluding hydrogens is 523 g/mol. The second kappa shape index (κ2) is 9.84. The van der Waals surface area contributed by atoms with Gasteiger partial charge in [0.15, 0.2) is 5.69 Å². The molecule has 0 radical (unpaired) electrons. The molecule has 2 bridgehead atoms. The molecule has 210 valence electrons. The fourth-order valence-electron chi connectivity index (χ4n) is 5.59. The van der Waals surface area contributed by atoms with E-state index in [4.69, 9.17) is 0 Å². The fraction of sp³-hybridized carbons (Fsp3) is 0.423. The van der Waals surface area contributed by atoms with Gasteiger partial charge in [-0.05, 0) is 49.8 Å². The number of aromatic amines is 1. The minimum absolute atomic E-state index is 0.00598. The number of carbonyl (C=O) groups is 3. The molecular formula is C26H29FN8O5. The quantitative estimate of drug-likeness (QED) is 0.328. The highest BCUT2D eigenvalue weighted by Crippen LogP contribution is 2.50. The summed E-state index contributed by atoms with van der Waals surface area (Å²) in [7, 11) is 2.89. The van der Waals surface area contributed by atoms with E-state index >= 15 is 0 Å². The van der Waals surface area contributed by atoms with Crippen LogP contribution >= 0.6 is 0 Å². The SMILES string of the molecule is Cc1cc(CNC(=O)c2nc3n(c(=O)c2O)CC2(c4cn[nH]n4)CCC3(NC(=O)C(=O)N(C)C)CC2)ccc1F. The lowest BCUT2D eigenvalue weighted by Crippen LogP contribution is -2.54. The van der Waals surface area contributed by atoms with E-state index < -0.39 is 45.7 Å². The largest absolute Gasteiger partial charge is 0.501 e. The Hall–Kier alpha value is -4.62. The standard InChI is InChI=1S/C26H29FN8O5/c1-14-10-15(4-5-16(14)27)11-28-20(37)18-19(36)22(39)35-13-25(17-12-29-33-32-17)6-8-26(9-7-25,24(35)30-18)31-21(38)23(40)34(2)3/h4-5,10,12,36H,6-9,11,13H2,1-3H3,(H,28,37)(H,31,38)(H,29,32,33). The molecule has 14 heteroatoms. The number of benzene rings is 1. The van der Waals surface area contributed by atoms with Crippen molar-refractivity contribution in [3.8, 4) is 5.75 Å². The second-order valence-electron chi connectivity index (χ2n) is 10.7. The summed E-state index contributed by atoms with van der Waals surface area (Å²) < 4.78 is 14.9. The number of halogens is 1. The molecule has 1 fully saturated rings. The highest BCUT2D eigenvalue weighted by atomic mass is 19.1. The van der Waals surface area contributed by atoms with Gasteiger partial charge >= 0.3 is 11.8 Å². The third-order valence-corrected chi connectivity index (χ3v) is 7.90. The molecule has 2 aliphatic heterocycles. The molecule has 40 heavy (non-hydrogen) atoms. The van der Waals surface area contributed by atoms with Gasteiger partial charge in [0.25, 0.3) is 11.5 Å². The van der Waals surface area contributed by atoms with Crippen molar-refractivity contribution in [2.75, 3.05) is 14.1 Å². The van der Waals surface area contributed by atoms with Crippen molar-refractivity contribution in [2.24, 2.45) is 0 Å². The zero-order chi connectivity index (χ0) is 28.8. The molecule has 3 aromatic rings. The minimum atomic E-state index is -1.26. The predicted molar refractivity (Wildman–Crippen MR) is 138 cm³/mol. The number of likely N-dealkylation sites (N-methyl/N-ethyl adjacent to an activating group) is 1. The van der Waals surface area contributed by atoms with Crippen LogP contribution in [0.1, 0.15) is 58.8 Å². The first-order valence-electron chi connectivity index (χ1n) is 12.7. The molecule has 0 saturated heterocycles. The number of fused-ring (bicyclic) bond motifs is 2. The van der Waals surface area contributed by atoms with Gasteiger partial charge in [-0.2, -0.15) is 15.4 Å².